The maximum absolute atomic E-state index is 11.4. The van der Waals surface area contributed by atoms with Gasteiger partial charge in [-0.15, -0.1) is 0 Å². The molecule has 0 saturated carbocycles. The molecule has 0 aliphatic carbocycles. The molecule has 17 heavy (non-hydrogen) atoms. The number of nitrogens with zero attached hydrogens (tertiary/aromatic N) is 3. The van der Waals surface area contributed by atoms with Gasteiger partial charge in [0.15, 0.2) is 0 Å². The van der Waals surface area contributed by atoms with Crippen LogP contribution in [-0.4, -0.2) is 40.5 Å². The molecule has 92 valence electrons. The van der Waals surface area contributed by atoms with Crippen molar-refractivity contribution in [1.29, 1.82) is 0 Å². The first-order valence-electron chi connectivity index (χ1n) is 5.57. The molecule has 0 bridgehead atoms. The summed E-state index contributed by atoms with van der Waals surface area (Å²) in [7, 11) is 0. The number of carbonyl (C=O) groups excluding carboxylic acids is 1. The van der Waals surface area contributed by atoms with Crippen molar-refractivity contribution in [1.82, 2.24) is 14.9 Å². The SMILES string of the molecule is CCOC(=O)CN1CCc2nc(Cl)ncc2C1. The number of hydrogen-bond acceptors (Lipinski definition) is 5. The van der Waals surface area contributed by atoms with E-state index in [1.54, 1.807) is 13.1 Å². The quantitative estimate of drug-likeness (QED) is 0.597. The van der Waals surface area contributed by atoms with Crippen molar-refractivity contribution in [2.45, 2.75) is 19.9 Å². The summed E-state index contributed by atoms with van der Waals surface area (Å²) < 4.78 is 4.92. The van der Waals surface area contributed by atoms with Crippen LogP contribution in [0, 0.1) is 0 Å². The third kappa shape index (κ3) is 3.14. The first kappa shape index (κ1) is 12.3. The number of aromatic nitrogens is 2. The first-order chi connectivity index (χ1) is 8.19. The average Bonchev–Trinajstić information content (AvgIpc) is 2.29. The molecule has 5 nitrogen and oxygen atoms in total. The van der Waals surface area contributed by atoms with Crippen LogP contribution in [0.25, 0.3) is 0 Å². The number of fused-ring (bicyclic) bond motifs is 1. The Kier molecular flexibility index (Phi) is 3.91. The minimum Gasteiger partial charge on any atom is -0.465 e. The summed E-state index contributed by atoms with van der Waals surface area (Å²) in [6.45, 7) is 4.00. The van der Waals surface area contributed by atoms with Crippen LogP contribution >= 0.6 is 11.6 Å². The van der Waals surface area contributed by atoms with Crippen molar-refractivity contribution >= 4 is 17.6 Å². The van der Waals surface area contributed by atoms with E-state index in [4.69, 9.17) is 16.3 Å². The van der Waals surface area contributed by atoms with Gasteiger partial charge < -0.3 is 4.74 Å². The fourth-order valence-corrected chi connectivity index (χ4v) is 2.03. The normalized spacial score (nSPS) is 15.4. The molecule has 6 heteroatoms. The third-order valence-electron chi connectivity index (χ3n) is 2.64. The highest BCUT2D eigenvalue weighted by Gasteiger charge is 2.20. The molecular weight excluding hydrogens is 242 g/mol. The number of hydrogen-bond donors (Lipinski definition) is 0. The number of esters is 1. The second kappa shape index (κ2) is 5.42. The Labute approximate surface area is 105 Å². The van der Waals surface area contributed by atoms with Crippen LogP contribution in [0.4, 0.5) is 0 Å². The first-order valence-corrected chi connectivity index (χ1v) is 5.95. The van der Waals surface area contributed by atoms with E-state index in [-0.39, 0.29) is 11.3 Å². The molecule has 0 atom stereocenters. The summed E-state index contributed by atoms with van der Waals surface area (Å²) in [6, 6.07) is 0. The Morgan fingerprint density at radius 2 is 2.47 bits per heavy atom. The standard InChI is InChI=1S/C11H14ClN3O2/c1-2-17-10(16)7-15-4-3-9-8(6-15)5-13-11(12)14-9/h5H,2-4,6-7H2,1H3. The summed E-state index contributed by atoms with van der Waals surface area (Å²) in [5.41, 5.74) is 2.01. The van der Waals surface area contributed by atoms with E-state index < -0.39 is 0 Å². The molecule has 0 N–H and O–H groups in total. The third-order valence-corrected chi connectivity index (χ3v) is 2.82. The average molecular weight is 256 g/mol. The Morgan fingerprint density at radius 1 is 1.65 bits per heavy atom. The van der Waals surface area contributed by atoms with Gasteiger partial charge in [-0.2, -0.15) is 0 Å². The van der Waals surface area contributed by atoms with E-state index in [1.165, 1.54) is 0 Å². The second-order valence-corrected chi connectivity index (χ2v) is 4.21. The van der Waals surface area contributed by atoms with Gasteiger partial charge in [0.1, 0.15) is 0 Å². The highest BCUT2D eigenvalue weighted by atomic mass is 35.5. The Bertz CT molecular complexity index is 425. The van der Waals surface area contributed by atoms with E-state index in [2.05, 4.69) is 9.97 Å². The Balaban J connectivity index is 1.99. The lowest BCUT2D eigenvalue weighted by atomic mass is 10.1. The lowest BCUT2D eigenvalue weighted by Gasteiger charge is -2.26. The second-order valence-electron chi connectivity index (χ2n) is 3.88. The van der Waals surface area contributed by atoms with Gasteiger partial charge in [-0.1, -0.05) is 0 Å². The van der Waals surface area contributed by atoms with Gasteiger partial charge in [-0.3, -0.25) is 9.69 Å². The molecule has 0 unspecified atom stereocenters. The van der Waals surface area contributed by atoms with Gasteiger partial charge in [-0.25, -0.2) is 9.97 Å². The van der Waals surface area contributed by atoms with Gasteiger partial charge in [0.05, 0.1) is 18.8 Å². The lowest BCUT2D eigenvalue weighted by molar-refractivity contribution is -0.144. The smallest absolute Gasteiger partial charge is 0.320 e. The molecule has 0 spiro atoms. The van der Waals surface area contributed by atoms with Gasteiger partial charge >= 0.3 is 5.97 Å². The van der Waals surface area contributed by atoms with E-state index in [1.807, 2.05) is 4.90 Å². The molecule has 0 radical (unpaired) electrons. The van der Waals surface area contributed by atoms with Crippen molar-refractivity contribution in [2.75, 3.05) is 19.7 Å². The molecular formula is C11H14ClN3O2. The van der Waals surface area contributed by atoms with Gasteiger partial charge in [0.2, 0.25) is 5.28 Å². The van der Waals surface area contributed by atoms with E-state index >= 15 is 0 Å². The fraction of sp³-hybridized carbons (Fsp3) is 0.545. The predicted molar refractivity (Wildman–Crippen MR) is 62.7 cm³/mol. The zero-order chi connectivity index (χ0) is 12.3. The van der Waals surface area contributed by atoms with E-state index in [0.29, 0.717) is 19.7 Å². The number of ether oxygens (including phenoxy) is 1. The van der Waals surface area contributed by atoms with Gasteiger partial charge in [0.25, 0.3) is 0 Å². The maximum atomic E-state index is 11.4. The van der Waals surface area contributed by atoms with Crippen molar-refractivity contribution in [3.63, 3.8) is 0 Å². The topological polar surface area (TPSA) is 55.3 Å². The van der Waals surface area contributed by atoms with Crippen molar-refractivity contribution in [2.24, 2.45) is 0 Å². The molecule has 1 aliphatic rings. The lowest BCUT2D eigenvalue weighted by Crippen LogP contribution is -2.36. The highest BCUT2D eigenvalue weighted by molar-refractivity contribution is 6.28. The van der Waals surface area contributed by atoms with Crippen LogP contribution in [-0.2, 0) is 22.5 Å². The minimum absolute atomic E-state index is 0.189. The zero-order valence-electron chi connectivity index (χ0n) is 9.65. The van der Waals surface area contributed by atoms with Crippen LogP contribution in [0.5, 0.6) is 0 Å². The summed E-state index contributed by atoms with van der Waals surface area (Å²) in [4.78, 5) is 21.5. The highest BCUT2D eigenvalue weighted by Crippen LogP contribution is 2.17. The van der Waals surface area contributed by atoms with Crippen LogP contribution in [0.1, 0.15) is 18.2 Å². The molecule has 0 amide bonds. The van der Waals surface area contributed by atoms with Crippen LogP contribution in [0.2, 0.25) is 5.28 Å². The van der Waals surface area contributed by atoms with Crippen LogP contribution < -0.4 is 0 Å². The molecule has 1 aliphatic heterocycles. The fourth-order valence-electron chi connectivity index (χ4n) is 1.87. The monoisotopic (exact) mass is 255 g/mol. The van der Waals surface area contributed by atoms with Crippen molar-refractivity contribution in [3.8, 4) is 0 Å². The predicted octanol–water partition coefficient (Wildman–Crippen LogP) is 1.05. The van der Waals surface area contributed by atoms with Crippen LogP contribution in [0.3, 0.4) is 0 Å². The van der Waals surface area contributed by atoms with Gasteiger partial charge in [-0.05, 0) is 18.5 Å². The molecule has 1 aromatic heterocycles. The molecule has 0 aromatic carbocycles. The largest absolute Gasteiger partial charge is 0.465 e. The van der Waals surface area contributed by atoms with Crippen molar-refractivity contribution < 1.29 is 9.53 Å². The summed E-state index contributed by atoms with van der Waals surface area (Å²) in [5, 5.41) is 0.280. The summed E-state index contributed by atoms with van der Waals surface area (Å²) >= 11 is 5.73. The molecule has 0 fully saturated rings. The number of carbonyl (C=O) groups is 1. The summed E-state index contributed by atoms with van der Waals surface area (Å²) in [6.07, 6.45) is 2.51. The zero-order valence-corrected chi connectivity index (χ0v) is 10.4. The van der Waals surface area contributed by atoms with E-state index in [9.17, 15) is 4.79 Å². The molecule has 0 saturated heterocycles. The molecule has 2 heterocycles. The molecule has 2 rings (SSSR count). The minimum atomic E-state index is -0.189. The Hall–Kier alpha value is -1.20. The van der Waals surface area contributed by atoms with Crippen molar-refractivity contribution in [3.05, 3.63) is 22.7 Å². The molecule has 1 aromatic rings. The van der Waals surface area contributed by atoms with Gasteiger partial charge in [0, 0.05) is 31.3 Å². The number of halogens is 1. The number of rotatable bonds is 3. The van der Waals surface area contributed by atoms with E-state index in [0.717, 1.165) is 24.2 Å². The Morgan fingerprint density at radius 3 is 3.24 bits per heavy atom. The maximum Gasteiger partial charge on any atom is 0.320 e. The summed E-state index contributed by atoms with van der Waals surface area (Å²) in [5.74, 6) is -0.189. The van der Waals surface area contributed by atoms with Crippen LogP contribution in [0.15, 0.2) is 6.20 Å².